The van der Waals surface area contributed by atoms with Gasteiger partial charge in [-0.25, -0.2) is 22.1 Å². The molecule has 6 nitrogen and oxygen atoms in total. The quantitative estimate of drug-likeness (QED) is 0.485. The van der Waals surface area contributed by atoms with E-state index in [1.165, 1.54) is 38.4 Å². The van der Waals surface area contributed by atoms with E-state index in [2.05, 4.69) is 10.3 Å². The number of carbonyl (C=O) groups is 1. The zero-order chi connectivity index (χ0) is 22.9. The molecule has 162 valence electrons. The zero-order valence-electron chi connectivity index (χ0n) is 17.4. The van der Waals surface area contributed by atoms with Crippen LogP contribution in [-0.2, 0) is 10.0 Å². The van der Waals surface area contributed by atoms with Crippen LogP contribution >= 0.6 is 0 Å². The predicted octanol–water partition coefficient (Wildman–Crippen LogP) is 4.54. The predicted molar refractivity (Wildman–Crippen MR) is 122 cm³/mol. The Morgan fingerprint density at radius 2 is 1.59 bits per heavy atom. The van der Waals surface area contributed by atoms with Crippen LogP contribution in [0.15, 0.2) is 83.8 Å². The number of benzene rings is 3. The molecular weight excluding hydrogens is 429 g/mol. The van der Waals surface area contributed by atoms with Gasteiger partial charge in [0.2, 0.25) is 10.0 Å². The van der Waals surface area contributed by atoms with Crippen molar-refractivity contribution in [3.8, 4) is 11.3 Å². The lowest BCUT2D eigenvalue weighted by atomic mass is 10.0. The van der Waals surface area contributed by atoms with Gasteiger partial charge in [-0.05, 0) is 60.7 Å². The molecule has 1 heterocycles. The van der Waals surface area contributed by atoms with Gasteiger partial charge in [0.05, 0.1) is 21.7 Å². The third kappa shape index (κ3) is 4.23. The molecule has 0 fully saturated rings. The van der Waals surface area contributed by atoms with Crippen LogP contribution in [0.3, 0.4) is 0 Å². The van der Waals surface area contributed by atoms with Gasteiger partial charge in [-0.1, -0.05) is 18.2 Å². The second-order valence-electron chi connectivity index (χ2n) is 7.35. The Balaban J connectivity index is 1.70. The molecular formula is C24H20FN3O3S. The van der Waals surface area contributed by atoms with Crippen LogP contribution in [0.25, 0.3) is 22.2 Å². The number of hydrogen-bond donors (Lipinski definition) is 1. The number of halogens is 1. The highest BCUT2D eigenvalue weighted by molar-refractivity contribution is 7.89. The number of amides is 1. The van der Waals surface area contributed by atoms with E-state index < -0.39 is 10.0 Å². The number of anilines is 1. The lowest BCUT2D eigenvalue weighted by molar-refractivity contribution is 0.102. The highest BCUT2D eigenvalue weighted by Gasteiger charge is 2.18. The van der Waals surface area contributed by atoms with Crippen LogP contribution < -0.4 is 5.32 Å². The third-order valence-electron chi connectivity index (χ3n) is 4.99. The molecule has 0 atom stereocenters. The smallest absolute Gasteiger partial charge is 0.256 e. The summed E-state index contributed by atoms with van der Waals surface area (Å²) < 4.78 is 38.9. The Morgan fingerprint density at radius 3 is 2.25 bits per heavy atom. The minimum Gasteiger partial charge on any atom is -0.322 e. The van der Waals surface area contributed by atoms with Crippen LogP contribution in [0.5, 0.6) is 0 Å². The number of nitrogens with one attached hydrogen (secondary N) is 1. The maximum absolute atomic E-state index is 13.3. The van der Waals surface area contributed by atoms with Crippen LogP contribution in [0.2, 0.25) is 0 Å². The minimum atomic E-state index is -3.56. The average molecular weight is 450 g/mol. The van der Waals surface area contributed by atoms with Crippen molar-refractivity contribution in [3.63, 3.8) is 0 Å². The fraction of sp³-hybridized carbons (Fsp3) is 0.0833. The van der Waals surface area contributed by atoms with Crippen molar-refractivity contribution in [2.45, 2.75) is 4.90 Å². The van der Waals surface area contributed by atoms with Gasteiger partial charge in [0.25, 0.3) is 5.91 Å². The Morgan fingerprint density at radius 1 is 0.938 bits per heavy atom. The van der Waals surface area contributed by atoms with Crippen molar-refractivity contribution in [1.29, 1.82) is 0 Å². The van der Waals surface area contributed by atoms with Crippen molar-refractivity contribution in [2.75, 3.05) is 19.4 Å². The van der Waals surface area contributed by atoms with E-state index >= 15 is 0 Å². The maximum atomic E-state index is 13.3. The summed E-state index contributed by atoms with van der Waals surface area (Å²) in [5.74, 6) is -0.720. The maximum Gasteiger partial charge on any atom is 0.256 e. The van der Waals surface area contributed by atoms with Crippen LogP contribution in [-0.4, -0.2) is 37.7 Å². The molecule has 0 bridgehead atoms. The Labute approximate surface area is 185 Å². The summed E-state index contributed by atoms with van der Waals surface area (Å²) in [5, 5.41) is 3.48. The standard InChI is InChI=1S/C24H20FN3O3S/c1-28(2)32(30,31)19-13-11-18(12-14-19)26-24(29)21-15-23(16-7-9-17(25)10-8-16)27-22-6-4-3-5-20(21)22/h3-15H,1-2H3,(H,26,29). The van der Waals surface area contributed by atoms with E-state index in [1.807, 2.05) is 12.1 Å². The largest absolute Gasteiger partial charge is 0.322 e. The molecule has 0 saturated carbocycles. The average Bonchev–Trinajstić information content (AvgIpc) is 2.79. The lowest BCUT2D eigenvalue weighted by Gasteiger charge is -2.13. The van der Waals surface area contributed by atoms with Crippen molar-refractivity contribution in [1.82, 2.24) is 9.29 Å². The summed E-state index contributed by atoms with van der Waals surface area (Å²) in [6, 6.07) is 20.8. The van der Waals surface area contributed by atoms with Gasteiger partial charge >= 0.3 is 0 Å². The van der Waals surface area contributed by atoms with E-state index in [-0.39, 0.29) is 16.6 Å². The molecule has 0 aliphatic carbocycles. The van der Waals surface area contributed by atoms with Crippen LogP contribution in [0.1, 0.15) is 10.4 Å². The number of aromatic nitrogens is 1. The molecule has 0 radical (unpaired) electrons. The van der Waals surface area contributed by atoms with Gasteiger partial charge in [-0.2, -0.15) is 0 Å². The Kier molecular flexibility index (Phi) is 5.73. The molecule has 4 aromatic rings. The number of para-hydroxylation sites is 1. The fourth-order valence-electron chi connectivity index (χ4n) is 3.25. The molecule has 0 aliphatic heterocycles. The van der Waals surface area contributed by atoms with Gasteiger partial charge in [-0.3, -0.25) is 4.79 Å². The van der Waals surface area contributed by atoms with Crippen molar-refractivity contribution < 1.29 is 17.6 Å². The number of nitrogens with zero attached hydrogens (tertiary/aromatic N) is 2. The number of sulfonamides is 1. The highest BCUT2D eigenvalue weighted by Crippen LogP contribution is 2.26. The number of rotatable bonds is 5. The van der Waals surface area contributed by atoms with Crippen molar-refractivity contribution in [2.24, 2.45) is 0 Å². The first-order chi connectivity index (χ1) is 15.3. The summed E-state index contributed by atoms with van der Waals surface area (Å²) in [6.45, 7) is 0. The second-order valence-corrected chi connectivity index (χ2v) is 9.50. The van der Waals surface area contributed by atoms with Gasteiger partial charge in [0.15, 0.2) is 0 Å². The zero-order valence-corrected chi connectivity index (χ0v) is 18.2. The topological polar surface area (TPSA) is 79.4 Å². The first-order valence-electron chi connectivity index (χ1n) is 9.75. The SMILES string of the molecule is CN(C)S(=O)(=O)c1ccc(NC(=O)c2cc(-c3ccc(F)cc3)nc3ccccc23)cc1. The molecule has 0 unspecified atom stereocenters. The summed E-state index contributed by atoms with van der Waals surface area (Å²) in [5.41, 5.74) is 2.72. The van der Waals surface area contributed by atoms with Gasteiger partial charge < -0.3 is 5.32 Å². The molecule has 1 amide bonds. The second kappa shape index (κ2) is 8.49. The first kappa shape index (κ1) is 21.6. The molecule has 4 rings (SSSR count). The van der Waals surface area contributed by atoms with Gasteiger partial charge in [0, 0.05) is 30.7 Å². The molecule has 0 saturated heterocycles. The van der Waals surface area contributed by atoms with E-state index in [4.69, 9.17) is 0 Å². The van der Waals surface area contributed by atoms with Crippen molar-refractivity contribution >= 4 is 32.5 Å². The highest BCUT2D eigenvalue weighted by atomic mass is 32.2. The molecule has 1 N–H and O–H groups in total. The van der Waals surface area contributed by atoms with Gasteiger partial charge in [-0.15, -0.1) is 0 Å². The minimum absolute atomic E-state index is 0.133. The number of fused-ring (bicyclic) bond motifs is 1. The molecule has 8 heteroatoms. The molecule has 0 spiro atoms. The summed E-state index contributed by atoms with van der Waals surface area (Å²) in [6.07, 6.45) is 0. The number of carbonyl (C=O) groups excluding carboxylic acids is 1. The fourth-order valence-corrected chi connectivity index (χ4v) is 4.15. The van der Waals surface area contributed by atoms with Crippen LogP contribution in [0, 0.1) is 5.82 Å². The molecule has 1 aromatic heterocycles. The summed E-state index contributed by atoms with van der Waals surface area (Å²) >= 11 is 0. The van der Waals surface area contributed by atoms with E-state index in [0.717, 1.165) is 4.31 Å². The molecule has 0 aliphatic rings. The number of hydrogen-bond acceptors (Lipinski definition) is 4. The Bertz CT molecular complexity index is 1400. The lowest BCUT2D eigenvalue weighted by Crippen LogP contribution is -2.22. The van der Waals surface area contributed by atoms with Gasteiger partial charge in [0.1, 0.15) is 5.82 Å². The monoisotopic (exact) mass is 449 g/mol. The molecule has 3 aromatic carbocycles. The van der Waals surface area contributed by atoms with Crippen LogP contribution in [0.4, 0.5) is 10.1 Å². The number of pyridine rings is 1. The first-order valence-corrected chi connectivity index (χ1v) is 11.2. The summed E-state index contributed by atoms with van der Waals surface area (Å²) in [4.78, 5) is 17.9. The van der Waals surface area contributed by atoms with Crippen molar-refractivity contribution in [3.05, 3.63) is 90.2 Å². The van der Waals surface area contributed by atoms with E-state index in [9.17, 15) is 17.6 Å². The van der Waals surface area contributed by atoms with E-state index in [0.29, 0.717) is 33.4 Å². The Hall–Kier alpha value is -3.62. The van der Waals surface area contributed by atoms with E-state index in [1.54, 1.807) is 42.5 Å². The summed E-state index contributed by atoms with van der Waals surface area (Å²) in [7, 11) is -0.644. The normalized spacial score (nSPS) is 11.6. The molecule has 32 heavy (non-hydrogen) atoms. The third-order valence-corrected chi connectivity index (χ3v) is 6.82.